The molecule has 2 aromatic rings. The third-order valence-electron chi connectivity index (χ3n) is 3.81. The zero-order valence-electron chi connectivity index (χ0n) is 13.4. The van der Waals surface area contributed by atoms with E-state index >= 15 is 0 Å². The first-order valence-corrected chi connectivity index (χ1v) is 9.57. The van der Waals surface area contributed by atoms with Gasteiger partial charge in [0.15, 0.2) is 11.5 Å². The van der Waals surface area contributed by atoms with E-state index in [0.29, 0.717) is 31.3 Å². The zero-order chi connectivity index (χ0) is 16.8. The SMILES string of the molecule is O=S(=O)(NCCCc1ccccc1)c1ccc2c(c1)OCCCO2. The van der Waals surface area contributed by atoms with Crippen molar-refractivity contribution >= 4 is 10.0 Å². The molecule has 0 fully saturated rings. The molecule has 2 aromatic carbocycles. The molecular formula is C18H21NO4S. The number of hydrogen-bond acceptors (Lipinski definition) is 4. The Morgan fingerprint density at radius 1 is 0.958 bits per heavy atom. The van der Waals surface area contributed by atoms with Crippen LogP contribution in [-0.2, 0) is 16.4 Å². The summed E-state index contributed by atoms with van der Waals surface area (Å²) in [5, 5.41) is 0. The Balaban J connectivity index is 1.60. The maximum Gasteiger partial charge on any atom is 0.240 e. The number of nitrogens with one attached hydrogen (secondary N) is 1. The third kappa shape index (κ3) is 4.27. The quantitative estimate of drug-likeness (QED) is 0.816. The third-order valence-corrected chi connectivity index (χ3v) is 5.27. The lowest BCUT2D eigenvalue weighted by molar-refractivity contribution is 0.297. The summed E-state index contributed by atoms with van der Waals surface area (Å²) in [6.45, 7) is 1.50. The lowest BCUT2D eigenvalue weighted by atomic mass is 10.1. The second kappa shape index (κ2) is 7.68. The number of aryl methyl sites for hydroxylation is 1. The first-order valence-electron chi connectivity index (χ1n) is 8.08. The van der Waals surface area contributed by atoms with Crippen LogP contribution < -0.4 is 14.2 Å². The highest BCUT2D eigenvalue weighted by molar-refractivity contribution is 7.89. The van der Waals surface area contributed by atoms with E-state index in [1.807, 2.05) is 30.3 Å². The van der Waals surface area contributed by atoms with E-state index in [1.54, 1.807) is 12.1 Å². The monoisotopic (exact) mass is 347 g/mol. The minimum atomic E-state index is -3.55. The van der Waals surface area contributed by atoms with Gasteiger partial charge in [0, 0.05) is 19.0 Å². The molecule has 6 heteroatoms. The van der Waals surface area contributed by atoms with Crippen molar-refractivity contribution < 1.29 is 17.9 Å². The summed E-state index contributed by atoms with van der Waals surface area (Å²) in [4.78, 5) is 0.200. The van der Waals surface area contributed by atoms with Gasteiger partial charge in [-0.3, -0.25) is 0 Å². The van der Waals surface area contributed by atoms with Crippen molar-refractivity contribution in [3.05, 3.63) is 54.1 Å². The summed E-state index contributed by atoms with van der Waals surface area (Å²) in [6, 6.07) is 14.7. The highest BCUT2D eigenvalue weighted by Crippen LogP contribution is 2.31. The predicted molar refractivity (Wildman–Crippen MR) is 92.0 cm³/mol. The molecule has 0 atom stereocenters. The van der Waals surface area contributed by atoms with Crippen LogP contribution in [0, 0.1) is 0 Å². The molecule has 1 aliphatic heterocycles. The van der Waals surface area contributed by atoms with Gasteiger partial charge in [-0.1, -0.05) is 30.3 Å². The van der Waals surface area contributed by atoms with E-state index in [4.69, 9.17) is 9.47 Å². The van der Waals surface area contributed by atoms with Crippen molar-refractivity contribution in [2.24, 2.45) is 0 Å². The number of benzene rings is 2. The van der Waals surface area contributed by atoms with E-state index in [0.717, 1.165) is 19.3 Å². The molecule has 5 nitrogen and oxygen atoms in total. The van der Waals surface area contributed by atoms with Crippen LogP contribution in [0.25, 0.3) is 0 Å². The Bertz CT molecular complexity index is 775. The molecule has 0 saturated carbocycles. The molecular weight excluding hydrogens is 326 g/mol. The Kier molecular flexibility index (Phi) is 5.37. The molecule has 1 heterocycles. The summed E-state index contributed by atoms with van der Waals surface area (Å²) >= 11 is 0. The van der Waals surface area contributed by atoms with Crippen LogP contribution in [0.15, 0.2) is 53.4 Å². The fourth-order valence-corrected chi connectivity index (χ4v) is 3.63. The molecule has 3 rings (SSSR count). The molecule has 24 heavy (non-hydrogen) atoms. The van der Waals surface area contributed by atoms with Crippen molar-refractivity contribution in [2.75, 3.05) is 19.8 Å². The van der Waals surface area contributed by atoms with Crippen LogP contribution in [0.1, 0.15) is 18.4 Å². The maximum absolute atomic E-state index is 12.4. The van der Waals surface area contributed by atoms with Gasteiger partial charge in [0.05, 0.1) is 18.1 Å². The van der Waals surface area contributed by atoms with Crippen molar-refractivity contribution in [1.82, 2.24) is 4.72 Å². The minimum absolute atomic E-state index is 0.200. The second-order valence-corrected chi connectivity index (χ2v) is 7.41. The van der Waals surface area contributed by atoms with Crippen LogP contribution in [0.4, 0.5) is 0 Å². The lowest BCUT2D eigenvalue weighted by Crippen LogP contribution is -2.25. The van der Waals surface area contributed by atoms with Gasteiger partial charge in [-0.15, -0.1) is 0 Å². The van der Waals surface area contributed by atoms with E-state index in [9.17, 15) is 8.42 Å². The molecule has 0 aromatic heterocycles. The van der Waals surface area contributed by atoms with Gasteiger partial charge < -0.3 is 9.47 Å². The lowest BCUT2D eigenvalue weighted by Gasteiger charge is -2.11. The summed E-state index contributed by atoms with van der Waals surface area (Å²) in [7, 11) is -3.55. The highest BCUT2D eigenvalue weighted by atomic mass is 32.2. The molecule has 128 valence electrons. The number of hydrogen-bond donors (Lipinski definition) is 1. The minimum Gasteiger partial charge on any atom is -0.490 e. The average molecular weight is 347 g/mol. The largest absolute Gasteiger partial charge is 0.490 e. The molecule has 1 N–H and O–H groups in total. The maximum atomic E-state index is 12.4. The van der Waals surface area contributed by atoms with E-state index in [2.05, 4.69) is 4.72 Å². The smallest absolute Gasteiger partial charge is 0.240 e. The number of sulfonamides is 1. The van der Waals surface area contributed by atoms with Crippen molar-refractivity contribution in [3.63, 3.8) is 0 Å². The standard InChI is InChI=1S/C18H21NO4S/c20-24(21,19-11-4-8-15-6-2-1-3-7-15)16-9-10-17-18(14-16)23-13-5-12-22-17/h1-3,6-7,9-10,14,19H,4-5,8,11-13H2. The summed E-state index contributed by atoms with van der Waals surface area (Å²) in [6.07, 6.45) is 2.37. The normalized spacial score (nSPS) is 14.2. The Labute approximate surface area is 142 Å². The van der Waals surface area contributed by atoms with Crippen LogP contribution in [0.2, 0.25) is 0 Å². The molecule has 0 unspecified atom stereocenters. The summed E-state index contributed by atoms with van der Waals surface area (Å²) < 4.78 is 38.5. The van der Waals surface area contributed by atoms with E-state index in [1.165, 1.54) is 11.6 Å². The Hall–Kier alpha value is -2.05. The van der Waals surface area contributed by atoms with Crippen molar-refractivity contribution in [3.8, 4) is 11.5 Å². The van der Waals surface area contributed by atoms with Crippen molar-refractivity contribution in [1.29, 1.82) is 0 Å². The van der Waals surface area contributed by atoms with E-state index < -0.39 is 10.0 Å². The summed E-state index contributed by atoms with van der Waals surface area (Å²) in [5.41, 5.74) is 1.20. The van der Waals surface area contributed by atoms with Gasteiger partial charge in [-0.25, -0.2) is 13.1 Å². The van der Waals surface area contributed by atoms with Crippen molar-refractivity contribution in [2.45, 2.75) is 24.2 Å². The number of fused-ring (bicyclic) bond motifs is 1. The fraction of sp³-hybridized carbons (Fsp3) is 0.333. The Morgan fingerprint density at radius 2 is 1.71 bits per heavy atom. The van der Waals surface area contributed by atoms with Gasteiger partial charge in [-0.2, -0.15) is 0 Å². The molecule has 0 radical (unpaired) electrons. The number of ether oxygens (including phenoxy) is 2. The molecule has 0 aliphatic carbocycles. The fourth-order valence-electron chi connectivity index (χ4n) is 2.54. The van der Waals surface area contributed by atoms with Gasteiger partial charge in [0.1, 0.15) is 0 Å². The predicted octanol–water partition coefficient (Wildman–Crippen LogP) is 2.76. The zero-order valence-corrected chi connectivity index (χ0v) is 14.2. The first-order chi connectivity index (χ1) is 11.6. The van der Waals surface area contributed by atoms with E-state index in [-0.39, 0.29) is 4.90 Å². The van der Waals surface area contributed by atoms with Gasteiger partial charge in [-0.05, 0) is 30.5 Å². The molecule has 0 saturated heterocycles. The average Bonchev–Trinajstić information content (AvgIpc) is 2.84. The van der Waals surface area contributed by atoms with Gasteiger partial charge in [0.25, 0.3) is 0 Å². The molecule has 1 aliphatic rings. The summed E-state index contributed by atoms with van der Waals surface area (Å²) in [5.74, 6) is 1.08. The van der Waals surface area contributed by atoms with Crippen LogP contribution in [-0.4, -0.2) is 28.2 Å². The number of rotatable bonds is 6. The highest BCUT2D eigenvalue weighted by Gasteiger charge is 2.18. The first kappa shape index (κ1) is 16.8. The Morgan fingerprint density at radius 3 is 2.50 bits per heavy atom. The molecule has 0 bridgehead atoms. The second-order valence-electron chi connectivity index (χ2n) is 5.65. The van der Waals surface area contributed by atoms with Gasteiger partial charge in [0.2, 0.25) is 10.0 Å². The molecule has 0 spiro atoms. The van der Waals surface area contributed by atoms with Gasteiger partial charge >= 0.3 is 0 Å². The van der Waals surface area contributed by atoms with Crippen LogP contribution >= 0.6 is 0 Å². The van der Waals surface area contributed by atoms with Crippen LogP contribution in [0.3, 0.4) is 0 Å². The molecule has 0 amide bonds. The van der Waals surface area contributed by atoms with Crippen LogP contribution in [0.5, 0.6) is 11.5 Å². The topological polar surface area (TPSA) is 64.6 Å².